The number of benzene rings is 2. The highest BCUT2D eigenvalue weighted by Crippen LogP contribution is 2.27. The Bertz CT molecular complexity index is 848. The minimum Gasteiger partial charge on any atom is -0.493 e. The summed E-state index contributed by atoms with van der Waals surface area (Å²) < 4.78 is 16.0. The lowest BCUT2D eigenvalue weighted by Gasteiger charge is -2.34. The van der Waals surface area contributed by atoms with Crippen LogP contribution in [-0.4, -0.2) is 57.0 Å². The van der Waals surface area contributed by atoms with E-state index in [0.29, 0.717) is 30.3 Å². The fourth-order valence-corrected chi connectivity index (χ4v) is 3.43. The molecule has 1 aliphatic rings. The number of carbonyl (C=O) groups excluding carboxylic acids is 1. The second-order valence-corrected chi connectivity index (χ2v) is 6.73. The lowest BCUT2D eigenvalue weighted by molar-refractivity contribution is 0.0285. The van der Waals surface area contributed by atoms with Crippen LogP contribution in [0.5, 0.6) is 11.5 Å². The quantitative estimate of drug-likeness (QED) is 0.575. The van der Waals surface area contributed by atoms with Gasteiger partial charge in [-0.2, -0.15) is 5.10 Å². The van der Waals surface area contributed by atoms with Crippen LogP contribution >= 0.6 is 0 Å². The van der Waals surface area contributed by atoms with Gasteiger partial charge in [0, 0.05) is 18.7 Å². The van der Waals surface area contributed by atoms with Gasteiger partial charge in [0.05, 0.1) is 39.2 Å². The van der Waals surface area contributed by atoms with Crippen LogP contribution < -0.4 is 14.9 Å². The van der Waals surface area contributed by atoms with Gasteiger partial charge in [0.25, 0.3) is 5.91 Å². The molecule has 1 N–H and O–H groups in total. The molecule has 7 heteroatoms. The molecule has 0 radical (unpaired) electrons. The molecule has 0 bridgehead atoms. The zero-order valence-electron chi connectivity index (χ0n) is 17.1. The van der Waals surface area contributed by atoms with Crippen molar-refractivity contribution in [3.63, 3.8) is 0 Å². The van der Waals surface area contributed by atoms with Crippen molar-refractivity contribution < 1.29 is 19.0 Å². The third kappa shape index (κ3) is 5.13. The molecular weight excluding hydrogens is 370 g/mol. The molecule has 1 fully saturated rings. The second kappa shape index (κ2) is 10.0. The number of rotatable bonds is 7. The van der Waals surface area contributed by atoms with Crippen LogP contribution in [-0.2, 0) is 4.74 Å². The van der Waals surface area contributed by atoms with Gasteiger partial charge in [-0.3, -0.25) is 9.69 Å². The third-order valence-electron chi connectivity index (χ3n) is 4.90. The maximum atomic E-state index is 12.6. The summed E-state index contributed by atoms with van der Waals surface area (Å²) in [6, 6.07) is 15.2. The molecule has 0 aliphatic carbocycles. The first-order valence-corrected chi connectivity index (χ1v) is 9.57. The molecule has 1 amide bonds. The summed E-state index contributed by atoms with van der Waals surface area (Å²) in [4.78, 5) is 14.9. The third-order valence-corrected chi connectivity index (χ3v) is 4.90. The molecule has 1 atom stereocenters. The normalized spacial score (nSPS) is 16.2. The van der Waals surface area contributed by atoms with Gasteiger partial charge in [-0.15, -0.1) is 0 Å². The fourth-order valence-electron chi connectivity index (χ4n) is 3.43. The molecule has 0 spiro atoms. The van der Waals surface area contributed by atoms with Gasteiger partial charge in [-0.25, -0.2) is 5.43 Å². The van der Waals surface area contributed by atoms with E-state index in [2.05, 4.69) is 27.6 Å². The van der Waals surface area contributed by atoms with Gasteiger partial charge in [0.15, 0.2) is 11.5 Å². The summed E-state index contributed by atoms with van der Waals surface area (Å²) in [7, 11) is 3.09. The van der Waals surface area contributed by atoms with Crippen LogP contribution in [0.25, 0.3) is 0 Å². The predicted octanol–water partition coefficient (Wildman–Crippen LogP) is 2.88. The summed E-state index contributed by atoms with van der Waals surface area (Å²) in [5.74, 6) is 0.760. The van der Waals surface area contributed by atoms with Crippen molar-refractivity contribution in [2.75, 3.05) is 40.5 Å². The minimum atomic E-state index is -0.306. The molecular formula is C22H27N3O4. The SMILES string of the molecule is COc1ccc(C(=O)N/N=C(/C)[C@H](c2ccccc2)N2CCOCC2)cc1OC. The molecule has 3 rings (SSSR count). The van der Waals surface area contributed by atoms with E-state index < -0.39 is 0 Å². The molecule has 1 heterocycles. The van der Waals surface area contributed by atoms with E-state index in [-0.39, 0.29) is 11.9 Å². The van der Waals surface area contributed by atoms with Crippen LogP contribution in [0.3, 0.4) is 0 Å². The molecule has 0 aromatic heterocycles. The van der Waals surface area contributed by atoms with Crippen LogP contribution in [0.15, 0.2) is 53.6 Å². The lowest BCUT2D eigenvalue weighted by Crippen LogP contribution is -2.42. The number of nitrogens with zero attached hydrogens (tertiary/aromatic N) is 2. The first kappa shape index (κ1) is 20.8. The number of morpholine rings is 1. The number of methoxy groups -OCH3 is 2. The number of ether oxygens (including phenoxy) is 3. The molecule has 29 heavy (non-hydrogen) atoms. The number of hydrogen-bond acceptors (Lipinski definition) is 6. The summed E-state index contributed by atoms with van der Waals surface area (Å²) in [6.07, 6.45) is 0. The van der Waals surface area contributed by atoms with E-state index >= 15 is 0 Å². The topological polar surface area (TPSA) is 72.4 Å². The number of amides is 1. The number of carbonyl (C=O) groups is 1. The Labute approximate surface area is 171 Å². The molecule has 0 unspecified atom stereocenters. The Morgan fingerprint density at radius 1 is 1.07 bits per heavy atom. The first-order valence-electron chi connectivity index (χ1n) is 9.57. The Balaban J connectivity index is 1.79. The van der Waals surface area contributed by atoms with Crippen LogP contribution in [0, 0.1) is 0 Å². The van der Waals surface area contributed by atoms with Gasteiger partial charge in [0.2, 0.25) is 0 Å². The lowest BCUT2D eigenvalue weighted by atomic mass is 10.0. The van der Waals surface area contributed by atoms with E-state index in [0.717, 1.165) is 24.4 Å². The molecule has 154 valence electrons. The molecule has 0 saturated carbocycles. The molecule has 7 nitrogen and oxygen atoms in total. The van der Waals surface area contributed by atoms with E-state index in [4.69, 9.17) is 14.2 Å². The zero-order valence-corrected chi connectivity index (χ0v) is 17.1. The van der Waals surface area contributed by atoms with Crippen molar-refractivity contribution in [2.24, 2.45) is 5.10 Å². The summed E-state index contributed by atoms with van der Waals surface area (Å²) in [5.41, 5.74) is 5.06. The van der Waals surface area contributed by atoms with Crippen molar-refractivity contribution in [3.8, 4) is 11.5 Å². The first-order chi connectivity index (χ1) is 14.1. The van der Waals surface area contributed by atoms with Gasteiger partial charge >= 0.3 is 0 Å². The van der Waals surface area contributed by atoms with Gasteiger partial charge in [-0.05, 0) is 30.7 Å². The fraction of sp³-hybridized carbons (Fsp3) is 0.364. The Hall–Kier alpha value is -2.90. The van der Waals surface area contributed by atoms with E-state index in [9.17, 15) is 4.79 Å². The van der Waals surface area contributed by atoms with Gasteiger partial charge in [0.1, 0.15) is 0 Å². The van der Waals surface area contributed by atoms with Gasteiger partial charge < -0.3 is 14.2 Å². The van der Waals surface area contributed by atoms with Crippen LogP contribution in [0.2, 0.25) is 0 Å². The number of nitrogens with one attached hydrogen (secondary N) is 1. The van der Waals surface area contributed by atoms with Crippen molar-refractivity contribution in [3.05, 3.63) is 59.7 Å². The predicted molar refractivity (Wildman–Crippen MR) is 112 cm³/mol. The maximum Gasteiger partial charge on any atom is 0.271 e. The van der Waals surface area contributed by atoms with Crippen molar-refractivity contribution >= 4 is 11.6 Å². The highest BCUT2D eigenvalue weighted by molar-refractivity contribution is 5.96. The van der Waals surface area contributed by atoms with Crippen molar-refractivity contribution in [2.45, 2.75) is 13.0 Å². The standard InChI is InChI=1S/C22H27N3O4/c1-16(21(17-7-5-4-6-8-17)25-11-13-29-14-12-25)23-24-22(26)18-9-10-19(27-2)20(15-18)28-3/h4-10,15,21H,11-14H2,1-3H3,(H,24,26)/b23-16-/t21-/m1/s1. The largest absolute Gasteiger partial charge is 0.493 e. The van der Waals surface area contributed by atoms with Crippen molar-refractivity contribution in [1.82, 2.24) is 10.3 Å². The Morgan fingerprint density at radius 2 is 1.76 bits per heavy atom. The summed E-state index contributed by atoms with van der Waals surface area (Å²) in [6.45, 7) is 4.94. The summed E-state index contributed by atoms with van der Waals surface area (Å²) >= 11 is 0. The van der Waals surface area contributed by atoms with Crippen LogP contribution in [0.1, 0.15) is 28.9 Å². The average Bonchev–Trinajstić information content (AvgIpc) is 2.78. The number of hydrazone groups is 1. The average molecular weight is 397 g/mol. The monoisotopic (exact) mass is 397 g/mol. The minimum absolute atomic E-state index is 0.0224. The van der Waals surface area contributed by atoms with Crippen LogP contribution in [0.4, 0.5) is 0 Å². The smallest absolute Gasteiger partial charge is 0.271 e. The maximum absolute atomic E-state index is 12.6. The second-order valence-electron chi connectivity index (χ2n) is 6.73. The number of hydrogen-bond donors (Lipinski definition) is 1. The molecule has 2 aromatic rings. The highest BCUT2D eigenvalue weighted by atomic mass is 16.5. The Morgan fingerprint density at radius 3 is 2.41 bits per heavy atom. The molecule has 2 aromatic carbocycles. The van der Waals surface area contributed by atoms with Gasteiger partial charge in [-0.1, -0.05) is 30.3 Å². The highest BCUT2D eigenvalue weighted by Gasteiger charge is 2.25. The summed E-state index contributed by atoms with van der Waals surface area (Å²) in [5, 5.41) is 4.41. The Kier molecular flexibility index (Phi) is 7.21. The van der Waals surface area contributed by atoms with E-state index in [1.807, 2.05) is 25.1 Å². The van der Waals surface area contributed by atoms with Crippen molar-refractivity contribution in [1.29, 1.82) is 0 Å². The molecule has 1 aliphatic heterocycles. The van der Waals surface area contributed by atoms with E-state index in [1.54, 1.807) is 25.3 Å². The van der Waals surface area contributed by atoms with E-state index in [1.165, 1.54) is 7.11 Å². The zero-order chi connectivity index (χ0) is 20.6. The molecule has 1 saturated heterocycles.